The van der Waals surface area contributed by atoms with Crippen molar-refractivity contribution in [2.75, 3.05) is 19.7 Å². The minimum Gasteiger partial charge on any atom is -0.372 e. The molecule has 1 spiro atoms. The highest BCUT2D eigenvalue weighted by Gasteiger charge is 2.44. The summed E-state index contributed by atoms with van der Waals surface area (Å²) in [6.45, 7) is 4.33. The van der Waals surface area contributed by atoms with Gasteiger partial charge in [-0.25, -0.2) is 4.79 Å². The lowest BCUT2D eigenvalue weighted by molar-refractivity contribution is -0.143. The maximum Gasteiger partial charge on any atom is 0.416 e. The van der Waals surface area contributed by atoms with E-state index in [0.717, 1.165) is 0 Å². The Morgan fingerprint density at radius 1 is 1.03 bits per heavy atom. The first-order valence-corrected chi connectivity index (χ1v) is 9.44. The van der Waals surface area contributed by atoms with Gasteiger partial charge in [0.25, 0.3) is 0 Å². The number of nitrogens with one attached hydrogen (secondary N) is 3. The quantitative estimate of drug-likeness (QED) is 0.622. The lowest BCUT2D eigenvalue weighted by Gasteiger charge is -2.43. The Morgan fingerprint density at radius 2 is 1.63 bits per heavy atom. The molecule has 0 aromatic heterocycles. The van der Waals surface area contributed by atoms with E-state index in [1.54, 1.807) is 0 Å². The number of ether oxygens (including phenoxy) is 1. The van der Waals surface area contributed by atoms with E-state index in [0.29, 0.717) is 38.1 Å². The molecule has 2 fully saturated rings. The maximum absolute atomic E-state index is 13.1. The third-order valence-electron chi connectivity index (χ3n) is 5.71. The predicted octanol–water partition coefficient (Wildman–Crippen LogP) is 4.00. The first kappa shape index (κ1) is 22.7. The molecule has 0 aliphatic carbocycles. The highest BCUT2D eigenvalue weighted by atomic mass is 19.4. The molecule has 5 nitrogen and oxygen atoms in total. The molecular weight excluding hydrogens is 416 g/mol. The summed E-state index contributed by atoms with van der Waals surface area (Å²) >= 11 is 0. The zero-order chi connectivity index (χ0) is 22.4. The number of amides is 2. The van der Waals surface area contributed by atoms with E-state index in [2.05, 4.69) is 16.0 Å². The van der Waals surface area contributed by atoms with Crippen molar-refractivity contribution in [2.45, 2.75) is 56.2 Å². The van der Waals surface area contributed by atoms with E-state index in [-0.39, 0.29) is 24.3 Å². The fourth-order valence-corrected chi connectivity index (χ4v) is 3.65. The van der Waals surface area contributed by atoms with Crippen LogP contribution in [0.5, 0.6) is 0 Å². The lowest BCUT2D eigenvalue weighted by Crippen LogP contribution is -2.63. The van der Waals surface area contributed by atoms with Crippen LogP contribution in [-0.4, -0.2) is 36.8 Å². The number of urea groups is 1. The second-order valence-corrected chi connectivity index (χ2v) is 8.29. The first-order valence-electron chi connectivity index (χ1n) is 9.44. The van der Waals surface area contributed by atoms with Gasteiger partial charge < -0.3 is 20.7 Å². The Balaban J connectivity index is 1.69. The zero-order valence-corrected chi connectivity index (χ0v) is 16.4. The van der Waals surface area contributed by atoms with Crippen LogP contribution in [0.3, 0.4) is 0 Å². The molecule has 0 saturated carbocycles. The normalized spacial score (nSPS) is 28.3. The average Bonchev–Trinajstić information content (AvgIpc) is 3.02. The van der Waals surface area contributed by atoms with Crippen LogP contribution in [0.1, 0.15) is 49.5 Å². The number of hydrogen-bond acceptors (Lipinski definition) is 3. The van der Waals surface area contributed by atoms with Crippen LogP contribution in [0.25, 0.3) is 0 Å². The molecule has 168 valence electrons. The Bertz CT molecular complexity index is 768. The molecule has 3 N–H and O–H groups in total. The summed E-state index contributed by atoms with van der Waals surface area (Å²) in [5, 5.41) is 8.87. The summed E-state index contributed by atoms with van der Waals surface area (Å²) in [7, 11) is 0. The summed E-state index contributed by atoms with van der Waals surface area (Å²) in [4.78, 5) is 11.4. The maximum atomic E-state index is 13.1. The standard InChI is InChI=1S/C19H23F6N3O2/c1-11(12-5-13(18(20,21)22)7-14(6-12)19(23,24)25)30-10-16(2)3-4-17(9-27-16)8-26-15(29)28-17/h5-7,11,27H,3-4,8-10H2,1-2H3,(H2,26,28,29)/t11-,16-,17-/m1/s1. The van der Waals surface area contributed by atoms with Gasteiger partial charge in [-0.05, 0) is 50.5 Å². The minimum absolute atomic E-state index is 0.0865. The van der Waals surface area contributed by atoms with Gasteiger partial charge in [-0.1, -0.05) is 0 Å². The van der Waals surface area contributed by atoms with E-state index in [1.807, 2.05) is 6.92 Å². The van der Waals surface area contributed by atoms with Crippen LogP contribution in [0, 0.1) is 0 Å². The molecular formula is C19H23F6N3O2. The summed E-state index contributed by atoms with van der Waals surface area (Å²) in [5.74, 6) is 0. The largest absolute Gasteiger partial charge is 0.416 e. The van der Waals surface area contributed by atoms with Crippen LogP contribution in [0.15, 0.2) is 18.2 Å². The fraction of sp³-hybridized carbons (Fsp3) is 0.632. The van der Waals surface area contributed by atoms with Gasteiger partial charge in [-0.15, -0.1) is 0 Å². The molecule has 1 aromatic rings. The molecule has 2 aliphatic rings. The molecule has 11 heteroatoms. The van der Waals surface area contributed by atoms with E-state index >= 15 is 0 Å². The van der Waals surface area contributed by atoms with Gasteiger partial charge in [-0.2, -0.15) is 26.3 Å². The number of alkyl halides is 6. The highest BCUT2D eigenvalue weighted by molar-refractivity contribution is 5.77. The Labute approximate surface area is 169 Å². The van der Waals surface area contributed by atoms with E-state index in [9.17, 15) is 31.1 Å². The van der Waals surface area contributed by atoms with E-state index in [4.69, 9.17) is 4.74 Å². The monoisotopic (exact) mass is 439 g/mol. The Kier molecular flexibility index (Phi) is 5.74. The number of carbonyl (C=O) groups is 1. The molecule has 30 heavy (non-hydrogen) atoms. The van der Waals surface area contributed by atoms with E-state index < -0.39 is 40.7 Å². The van der Waals surface area contributed by atoms with Crippen molar-refractivity contribution in [3.8, 4) is 0 Å². The zero-order valence-electron chi connectivity index (χ0n) is 16.4. The number of hydrogen-bond donors (Lipinski definition) is 3. The van der Waals surface area contributed by atoms with Crippen molar-refractivity contribution < 1.29 is 35.9 Å². The van der Waals surface area contributed by atoms with Crippen molar-refractivity contribution in [1.29, 1.82) is 0 Å². The summed E-state index contributed by atoms with van der Waals surface area (Å²) < 4.78 is 84.0. The Morgan fingerprint density at radius 3 is 2.07 bits per heavy atom. The number of piperidine rings is 1. The molecule has 3 rings (SSSR count). The van der Waals surface area contributed by atoms with Gasteiger partial charge in [0.1, 0.15) is 0 Å². The van der Waals surface area contributed by atoms with Crippen LogP contribution in [0.2, 0.25) is 0 Å². The fourth-order valence-electron chi connectivity index (χ4n) is 3.65. The van der Waals surface area contributed by atoms with Gasteiger partial charge in [0.05, 0.1) is 29.4 Å². The lowest BCUT2D eigenvalue weighted by atomic mass is 9.81. The summed E-state index contributed by atoms with van der Waals surface area (Å²) in [6, 6.07) is 1.23. The summed E-state index contributed by atoms with van der Waals surface area (Å²) in [5.41, 5.74) is -3.85. The van der Waals surface area contributed by atoms with Crippen molar-refractivity contribution in [1.82, 2.24) is 16.0 Å². The molecule has 2 amide bonds. The van der Waals surface area contributed by atoms with Crippen molar-refractivity contribution >= 4 is 6.03 Å². The van der Waals surface area contributed by atoms with Crippen LogP contribution in [0.4, 0.5) is 31.1 Å². The topological polar surface area (TPSA) is 62.4 Å². The summed E-state index contributed by atoms with van der Waals surface area (Å²) in [6.07, 6.45) is -9.51. The average molecular weight is 439 g/mol. The van der Waals surface area contributed by atoms with Crippen molar-refractivity contribution in [3.63, 3.8) is 0 Å². The van der Waals surface area contributed by atoms with Gasteiger partial charge in [0.15, 0.2) is 0 Å². The van der Waals surface area contributed by atoms with Gasteiger partial charge >= 0.3 is 18.4 Å². The number of rotatable bonds is 4. The molecule has 0 radical (unpaired) electrons. The highest BCUT2D eigenvalue weighted by Crippen LogP contribution is 2.38. The molecule has 3 atom stereocenters. The number of carbonyl (C=O) groups excluding carboxylic acids is 1. The number of benzene rings is 1. The smallest absolute Gasteiger partial charge is 0.372 e. The third kappa shape index (κ3) is 5.00. The molecule has 2 heterocycles. The van der Waals surface area contributed by atoms with Gasteiger partial charge in [-0.3, -0.25) is 0 Å². The minimum atomic E-state index is -4.90. The van der Waals surface area contributed by atoms with Gasteiger partial charge in [0, 0.05) is 18.6 Å². The predicted molar refractivity (Wildman–Crippen MR) is 95.7 cm³/mol. The SMILES string of the molecule is C[C@@H](OC[C@@]1(C)CC[C@@]2(CNC(=O)N2)CN1)c1cc(C(F)(F)F)cc(C(F)(F)F)c1. The molecule has 0 bridgehead atoms. The van der Waals surface area contributed by atoms with Crippen molar-refractivity contribution in [3.05, 3.63) is 34.9 Å². The van der Waals surface area contributed by atoms with Crippen LogP contribution < -0.4 is 16.0 Å². The molecule has 2 aliphatic heterocycles. The molecule has 0 unspecified atom stereocenters. The second-order valence-electron chi connectivity index (χ2n) is 8.29. The molecule has 2 saturated heterocycles. The Hall–Kier alpha value is -2.01. The first-order chi connectivity index (χ1) is 13.7. The number of halogens is 6. The van der Waals surface area contributed by atoms with Crippen LogP contribution in [-0.2, 0) is 17.1 Å². The second kappa shape index (κ2) is 7.60. The molecule has 1 aromatic carbocycles. The van der Waals surface area contributed by atoms with Crippen LogP contribution >= 0.6 is 0 Å². The third-order valence-corrected chi connectivity index (χ3v) is 5.71. The van der Waals surface area contributed by atoms with Gasteiger partial charge in [0.2, 0.25) is 0 Å². The van der Waals surface area contributed by atoms with E-state index in [1.165, 1.54) is 6.92 Å². The van der Waals surface area contributed by atoms with Crippen molar-refractivity contribution in [2.24, 2.45) is 0 Å².